The van der Waals surface area contributed by atoms with Crippen LogP contribution in [0.3, 0.4) is 0 Å². The van der Waals surface area contributed by atoms with Crippen LogP contribution >= 0.6 is 35.3 Å². The molecule has 0 aromatic carbocycles. The van der Waals surface area contributed by atoms with Gasteiger partial charge >= 0.3 is 0 Å². The first kappa shape index (κ1) is 22.2. The van der Waals surface area contributed by atoms with Crippen molar-refractivity contribution in [2.75, 3.05) is 53.4 Å². The molecule has 1 N–H and O–H groups in total. The molecule has 6 nitrogen and oxygen atoms in total. The number of nitrogens with one attached hydrogen (secondary N) is 1. The lowest BCUT2D eigenvalue weighted by Gasteiger charge is -2.25. The monoisotopic (exact) mass is 503 g/mol. The highest BCUT2D eigenvalue weighted by Gasteiger charge is 2.29. The predicted molar refractivity (Wildman–Crippen MR) is 123 cm³/mol. The van der Waals surface area contributed by atoms with E-state index in [9.17, 15) is 4.79 Å². The first-order valence-electron chi connectivity index (χ1n) is 9.28. The maximum Gasteiger partial charge on any atom is 0.243 e. The van der Waals surface area contributed by atoms with Gasteiger partial charge in [-0.05, 0) is 24.3 Å². The number of amides is 1. The summed E-state index contributed by atoms with van der Waals surface area (Å²) in [5.74, 6) is 0.897. The number of carbonyl (C=O) groups excluding carboxylic acids is 1. The number of hydrogen-bond donors (Lipinski definition) is 1. The molecule has 0 aliphatic carbocycles. The zero-order valence-corrected chi connectivity index (χ0v) is 19.3. The number of likely N-dealkylation sites (N-methyl/N-ethyl adjacent to an activating group) is 1. The highest BCUT2D eigenvalue weighted by Crippen LogP contribution is 2.18. The van der Waals surface area contributed by atoms with Crippen LogP contribution in [0.2, 0.25) is 0 Å². The van der Waals surface area contributed by atoms with Crippen LogP contribution < -0.4 is 5.32 Å². The van der Waals surface area contributed by atoms with E-state index in [4.69, 9.17) is 0 Å². The largest absolute Gasteiger partial charge is 0.356 e. The molecule has 1 saturated heterocycles. The molecule has 3 rings (SSSR count). The molecule has 150 valence electrons. The Hall–Kier alpha value is -1.13. The normalized spacial score (nSPS) is 20.0. The van der Waals surface area contributed by atoms with Gasteiger partial charge in [-0.1, -0.05) is 18.2 Å². The minimum absolute atomic E-state index is 0. The molecule has 1 fully saturated rings. The molecule has 0 radical (unpaired) electrons. The van der Waals surface area contributed by atoms with E-state index >= 15 is 0 Å². The third-order valence-electron chi connectivity index (χ3n) is 4.92. The maximum absolute atomic E-state index is 12.0. The second-order valence-electron chi connectivity index (χ2n) is 7.00. The molecule has 0 spiro atoms. The van der Waals surface area contributed by atoms with Crippen LogP contribution in [0.5, 0.6) is 0 Å². The molecular formula is C19H30IN5OS. The van der Waals surface area contributed by atoms with Gasteiger partial charge in [-0.15, -0.1) is 35.3 Å². The van der Waals surface area contributed by atoms with Gasteiger partial charge in [-0.2, -0.15) is 0 Å². The molecule has 27 heavy (non-hydrogen) atoms. The van der Waals surface area contributed by atoms with Gasteiger partial charge in [-0.3, -0.25) is 9.69 Å². The molecule has 3 heterocycles. The summed E-state index contributed by atoms with van der Waals surface area (Å²) in [7, 11) is 3.54. The van der Waals surface area contributed by atoms with Crippen molar-refractivity contribution in [1.29, 1.82) is 0 Å². The number of likely N-dealkylation sites (tertiary alicyclic amines) is 1. The fourth-order valence-corrected chi connectivity index (χ4v) is 4.04. The molecule has 1 amide bonds. The number of thiophene rings is 1. The van der Waals surface area contributed by atoms with Gasteiger partial charge in [0.1, 0.15) is 6.54 Å². The third-order valence-corrected chi connectivity index (χ3v) is 5.86. The average molecular weight is 503 g/mol. The summed E-state index contributed by atoms with van der Waals surface area (Å²) in [6.07, 6.45) is 6.61. The summed E-state index contributed by atoms with van der Waals surface area (Å²) in [6.45, 7) is 5.10. The molecule has 8 heteroatoms. The lowest BCUT2D eigenvalue weighted by Crippen LogP contribution is -2.44. The van der Waals surface area contributed by atoms with E-state index in [0.29, 0.717) is 6.04 Å². The SMILES string of the molecule is CN(C)C(=O)CN=C(NCCc1cccs1)N1CCC(N2CC=CC2)C1.I. The number of guanidine groups is 1. The zero-order chi connectivity index (χ0) is 18.4. The van der Waals surface area contributed by atoms with Crippen molar-refractivity contribution >= 4 is 47.2 Å². The maximum atomic E-state index is 12.0. The Morgan fingerprint density at radius 1 is 1.37 bits per heavy atom. The first-order valence-corrected chi connectivity index (χ1v) is 10.2. The molecule has 0 bridgehead atoms. The number of halogens is 1. The van der Waals surface area contributed by atoms with Crippen LogP contribution in [0.25, 0.3) is 0 Å². The summed E-state index contributed by atoms with van der Waals surface area (Å²) in [5.41, 5.74) is 0. The molecular weight excluding hydrogens is 473 g/mol. The molecule has 1 aromatic heterocycles. The van der Waals surface area contributed by atoms with E-state index in [-0.39, 0.29) is 36.4 Å². The van der Waals surface area contributed by atoms with E-state index in [1.807, 2.05) is 0 Å². The molecule has 2 aliphatic heterocycles. The number of rotatable bonds is 6. The number of hydrogen-bond acceptors (Lipinski definition) is 4. The number of carbonyl (C=O) groups is 1. The highest BCUT2D eigenvalue weighted by molar-refractivity contribution is 14.0. The summed E-state index contributed by atoms with van der Waals surface area (Å²) in [6, 6.07) is 4.81. The van der Waals surface area contributed by atoms with Crippen LogP contribution in [0.15, 0.2) is 34.7 Å². The second-order valence-corrected chi connectivity index (χ2v) is 8.03. The van der Waals surface area contributed by atoms with E-state index < -0.39 is 0 Å². The summed E-state index contributed by atoms with van der Waals surface area (Å²) < 4.78 is 0. The second kappa shape index (κ2) is 11.0. The van der Waals surface area contributed by atoms with E-state index in [1.54, 1.807) is 30.3 Å². The Bertz CT molecular complexity index is 639. The smallest absolute Gasteiger partial charge is 0.243 e. The predicted octanol–water partition coefficient (Wildman–Crippen LogP) is 1.89. The van der Waals surface area contributed by atoms with Crippen LogP contribution in [0, 0.1) is 0 Å². The Morgan fingerprint density at radius 2 is 2.15 bits per heavy atom. The summed E-state index contributed by atoms with van der Waals surface area (Å²) in [5, 5.41) is 5.59. The number of nitrogens with zero attached hydrogens (tertiary/aromatic N) is 4. The van der Waals surface area contributed by atoms with E-state index in [1.165, 1.54) is 4.88 Å². The molecule has 1 unspecified atom stereocenters. The fourth-order valence-electron chi connectivity index (χ4n) is 3.33. The zero-order valence-electron chi connectivity index (χ0n) is 16.1. The fraction of sp³-hybridized carbons (Fsp3) is 0.579. The van der Waals surface area contributed by atoms with Crippen LogP contribution in [0.4, 0.5) is 0 Å². The van der Waals surface area contributed by atoms with Gasteiger partial charge in [0.25, 0.3) is 0 Å². The average Bonchev–Trinajstić information content (AvgIpc) is 3.39. The molecule has 0 saturated carbocycles. The summed E-state index contributed by atoms with van der Waals surface area (Å²) >= 11 is 1.78. The minimum atomic E-state index is 0. The minimum Gasteiger partial charge on any atom is -0.356 e. The van der Waals surface area contributed by atoms with Crippen molar-refractivity contribution in [2.45, 2.75) is 18.9 Å². The lowest BCUT2D eigenvalue weighted by atomic mass is 10.2. The van der Waals surface area contributed by atoms with Gasteiger partial charge < -0.3 is 15.1 Å². The van der Waals surface area contributed by atoms with Gasteiger partial charge in [-0.25, -0.2) is 4.99 Å². The Kier molecular flexibility index (Phi) is 9.04. The van der Waals surface area contributed by atoms with E-state index in [2.05, 4.69) is 49.8 Å². The first-order chi connectivity index (χ1) is 12.6. The van der Waals surface area contributed by atoms with Crippen molar-refractivity contribution in [3.8, 4) is 0 Å². The molecule has 1 atom stereocenters. The van der Waals surface area contributed by atoms with Gasteiger partial charge in [0, 0.05) is 57.7 Å². The summed E-state index contributed by atoms with van der Waals surface area (Å²) in [4.78, 5) is 24.3. The van der Waals surface area contributed by atoms with Crippen molar-refractivity contribution < 1.29 is 4.79 Å². The van der Waals surface area contributed by atoms with Gasteiger partial charge in [0.15, 0.2) is 5.96 Å². The van der Waals surface area contributed by atoms with Crippen molar-refractivity contribution in [3.05, 3.63) is 34.5 Å². The van der Waals surface area contributed by atoms with E-state index in [0.717, 1.165) is 51.5 Å². The molecule has 1 aromatic rings. The standard InChI is InChI=1S/C19H29N5OS.HI/c1-22(2)18(25)14-21-19(20-9-7-17-6-5-13-26-17)24-12-8-16(15-24)23-10-3-4-11-23;/h3-6,13,16H,7-12,14-15H2,1-2H3,(H,20,21);1H. The van der Waals surface area contributed by atoms with Crippen LogP contribution in [-0.2, 0) is 11.2 Å². The quantitative estimate of drug-likeness (QED) is 0.279. The Balaban J connectivity index is 0.00000261. The third kappa shape index (κ3) is 6.46. The number of aliphatic imine (C=N–C) groups is 1. The molecule has 2 aliphatic rings. The Morgan fingerprint density at radius 3 is 2.81 bits per heavy atom. The van der Waals surface area contributed by atoms with Crippen LogP contribution in [-0.4, -0.2) is 86.0 Å². The Labute approximate surface area is 183 Å². The lowest BCUT2D eigenvalue weighted by molar-refractivity contribution is -0.127. The van der Waals surface area contributed by atoms with Crippen LogP contribution in [0.1, 0.15) is 11.3 Å². The topological polar surface area (TPSA) is 51.2 Å². The van der Waals surface area contributed by atoms with Gasteiger partial charge in [0.2, 0.25) is 5.91 Å². The van der Waals surface area contributed by atoms with Gasteiger partial charge in [0.05, 0.1) is 0 Å². The van der Waals surface area contributed by atoms with Crippen molar-refractivity contribution in [2.24, 2.45) is 4.99 Å². The van der Waals surface area contributed by atoms with Crippen molar-refractivity contribution in [1.82, 2.24) is 20.0 Å². The highest BCUT2D eigenvalue weighted by atomic mass is 127. The van der Waals surface area contributed by atoms with Crippen molar-refractivity contribution in [3.63, 3.8) is 0 Å².